The Bertz CT molecular complexity index is 640. The minimum absolute atomic E-state index is 0.0227. The summed E-state index contributed by atoms with van der Waals surface area (Å²) in [7, 11) is 0. The van der Waals surface area contributed by atoms with Crippen molar-refractivity contribution in [2.24, 2.45) is 0 Å². The van der Waals surface area contributed by atoms with E-state index in [9.17, 15) is 14.9 Å². The van der Waals surface area contributed by atoms with E-state index in [0.29, 0.717) is 10.9 Å². The van der Waals surface area contributed by atoms with Gasteiger partial charge in [0.25, 0.3) is 0 Å². The van der Waals surface area contributed by atoms with Crippen LogP contribution in [0, 0.1) is 10.1 Å². The van der Waals surface area contributed by atoms with Gasteiger partial charge in [-0.25, -0.2) is 0 Å². The number of carboxylic acids is 1. The number of carbonyl (C=O) groups is 1. The van der Waals surface area contributed by atoms with Gasteiger partial charge in [-0.15, -0.1) is 0 Å². The first-order valence-corrected chi connectivity index (χ1v) is 7.83. The number of nitrogens with zero attached hydrogens (tertiary/aromatic N) is 1. The van der Waals surface area contributed by atoms with Crippen LogP contribution in [-0.4, -0.2) is 31.0 Å². The molecular formula is C14H11NO4Se. The van der Waals surface area contributed by atoms with E-state index in [-0.39, 0.29) is 20.6 Å². The van der Waals surface area contributed by atoms with Crippen LogP contribution in [0.1, 0.15) is 15.9 Å². The molecular weight excluding hydrogens is 325 g/mol. The quantitative estimate of drug-likeness (QED) is 0.513. The number of rotatable bonds is 5. The Morgan fingerprint density at radius 2 is 1.80 bits per heavy atom. The van der Waals surface area contributed by atoms with Crippen molar-refractivity contribution in [1.29, 1.82) is 0 Å². The Balaban J connectivity index is 2.09. The molecule has 0 radical (unpaired) electrons. The maximum atomic E-state index is 11.1. The first-order valence-electron chi connectivity index (χ1n) is 5.76. The summed E-state index contributed by atoms with van der Waals surface area (Å²) >= 11 is -0.0227. The van der Waals surface area contributed by atoms with Gasteiger partial charge < -0.3 is 0 Å². The average molecular weight is 336 g/mol. The van der Waals surface area contributed by atoms with Crippen LogP contribution < -0.4 is 4.46 Å². The summed E-state index contributed by atoms with van der Waals surface area (Å²) in [6.07, 6.45) is 0. The van der Waals surface area contributed by atoms with E-state index >= 15 is 0 Å². The van der Waals surface area contributed by atoms with Crippen molar-refractivity contribution < 1.29 is 14.8 Å². The molecule has 0 heterocycles. The molecule has 0 atom stereocenters. The second kappa shape index (κ2) is 6.32. The molecule has 102 valence electrons. The van der Waals surface area contributed by atoms with E-state index in [0.717, 1.165) is 10.0 Å². The molecule has 0 spiro atoms. The van der Waals surface area contributed by atoms with E-state index in [4.69, 9.17) is 5.11 Å². The van der Waals surface area contributed by atoms with Crippen molar-refractivity contribution in [3.8, 4) is 0 Å². The minimum atomic E-state index is -0.925. The van der Waals surface area contributed by atoms with Gasteiger partial charge in [-0.05, 0) is 0 Å². The van der Waals surface area contributed by atoms with Crippen molar-refractivity contribution in [1.82, 2.24) is 0 Å². The molecule has 0 unspecified atom stereocenters. The number of carboxylic acid groups (broad SMARTS) is 1. The summed E-state index contributed by atoms with van der Waals surface area (Å²) in [5.41, 5.74) is 1.36. The predicted octanol–water partition coefficient (Wildman–Crippen LogP) is 1.82. The first-order chi connectivity index (χ1) is 9.58. The normalized spacial score (nSPS) is 10.2. The third kappa shape index (κ3) is 3.44. The van der Waals surface area contributed by atoms with Gasteiger partial charge in [-0.3, -0.25) is 0 Å². The summed E-state index contributed by atoms with van der Waals surface area (Å²) in [5, 5.41) is 20.4. The molecule has 0 aliphatic heterocycles. The van der Waals surface area contributed by atoms with Gasteiger partial charge in [-0.1, -0.05) is 0 Å². The molecule has 20 heavy (non-hydrogen) atoms. The van der Waals surface area contributed by atoms with Gasteiger partial charge in [0.05, 0.1) is 0 Å². The zero-order chi connectivity index (χ0) is 14.5. The van der Waals surface area contributed by atoms with Crippen LogP contribution in [0.2, 0.25) is 0 Å². The second-order valence-corrected chi connectivity index (χ2v) is 6.15. The van der Waals surface area contributed by atoms with Crippen LogP contribution in [-0.2, 0) is 5.32 Å². The zero-order valence-electron chi connectivity index (χ0n) is 10.4. The molecule has 0 amide bonds. The molecule has 2 aromatic rings. The van der Waals surface area contributed by atoms with Crippen molar-refractivity contribution in [3.63, 3.8) is 0 Å². The van der Waals surface area contributed by atoms with E-state index in [1.54, 1.807) is 24.3 Å². The fourth-order valence-corrected chi connectivity index (χ4v) is 3.74. The fourth-order valence-electron chi connectivity index (χ4n) is 1.64. The Labute approximate surface area is 121 Å². The van der Waals surface area contributed by atoms with E-state index in [2.05, 4.69) is 0 Å². The van der Waals surface area contributed by atoms with Crippen molar-refractivity contribution in [2.75, 3.05) is 0 Å². The van der Waals surface area contributed by atoms with Gasteiger partial charge in [0.15, 0.2) is 0 Å². The third-order valence-corrected chi connectivity index (χ3v) is 5.06. The fraction of sp³-hybridized carbons (Fsp3) is 0.0714. The number of nitro benzene ring substituents is 1. The first kappa shape index (κ1) is 14.2. The maximum absolute atomic E-state index is 11.1. The van der Waals surface area contributed by atoms with E-state index in [1.807, 2.05) is 12.1 Å². The molecule has 0 saturated heterocycles. The SMILES string of the molecule is O=C(O)c1ccccc1[Se]Cc1ccc([N+](=O)[O-])cc1. The summed E-state index contributed by atoms with van der Waals surface area (Å²) < 4.78 is 0.825. The van der Waals surface area contributed by atoms with E-state index < -0.39 is 10.9 Å². The summed E-state index contributed by atoms with van der Waals surface area (Å²) in [5.74, 6) is -0.925. The number of benzene rings is 2. The molecule has 0 aliphatic carbocycles. The summed E-state index contributed by atoms with van der Waals surface area (Å²) in [6.45, 7) is 0. The monoisotopic (exact) mass is 337 g/mol. The average Bonchev–Trinajstić information content (AvgIpc) is 2.45. The number of nitro groups is 1. The Kier molecular flexibility index (Phi) is 4.50. The Morgan fingerprint density at radius 3 is 2.40 bits per heavy atom. The molecule has 0 saturated carbocycles. The summed E-state index contributed by atoms with van der Waals surface area (Å²) in [6, 6.07) is 13.3. The van der Waals surface area contributed by atoms with Crippen LogP contribution in [0.25, 0.3) is 0 Å². The van der Waals surface area contributed by atoms with Crippen LogP contribution in [0.3, 0.4) is 0 Å². The van der Waals surface area contributed by atoms with Gasteiger partial charge in [0, 0.05) is 0 Å². The topological polar surface area (TPSA) is 80.4 Å². The predicted molar refractivity (Wildman–Crippen MR) is 75.6 cm³/mol. The van der Waals surface area contributed by atoms with Crippen molar-refractivity contribution in [3.05, 3.63) is 69.8 Å². The number of non-ortho nitro benzene ring substituents is 1. The van der Waals surface area contributed by atoms with Crippen molar-refractivity contribution >= 4 is 31.1 Å². The third-order valence-electron chi connectivity index (χ3n) is 2.66. The van der Waals surface area contributed by atoms with Gasteiger partial charge in [-0.2, -0.15) is 0 Å². The van der Waals surface area contributed by atoms with Gasteiger partial charge >= 0.3 is 121 Å². The molecule has 0 bridgehead atoms. The van der Waals surface area contributed by atoms with Crippen LogP contribution >= 0.6 is 0 Å². The van der Waals surface area contributed by atoms with Crippen LogP contribution in [0.5, 0.6) is 0 Å². The molecule has 2 aromatic carbocycles. The molecule has 1 N–H and O–H groups in total. The molecule has 0 aromatic heterocycles. The van der Waals surface area contributed by atoms with Crippen LogP contribution in [0.15, 0.2) is 48.5 Å². The Morgan fingerprint density at radius 1 is 1.15 bits per heavy atom. The molecule has 5 nitrogen and oxygen atoms in total. The second-order valence-electron chi connectivity index (χ2n) is 4.01. The van der Waals surface area contributed by atoms with E-state index in [1.165, 1.54) is 12.1 Å². The number of hydrogen-bond donors (Lipinski definition) is 1. The molecule has 6 heteroatoms. The standard InChI is InChI=1S/C14H11NO4Se/c16-14(17)12-3-1-2-4-13(12)20-9-10-5-7-11(8-6-10)15(18)19/h1-8H,9H2,(H,16,17). The molecule has 0 aliphatic rings. The number of aromatic carboxylic acids is 1. The van der Waals surface area contributed by atoms with Gasteiger partial charge in [0.1, 0.15) is 0 Å². The van der Waals surface area contributed by atoms with Crippen LogP contribution in [0.4, 0.5) is 5.69 Å². The van der Waals surface area contributed by atoms with Gasteiger partial charge in [0.2, 0.25) is 0 Å². The molecule has 0 fully saturated rings. The Hall–Kier alpha value is -2.17. The summed E-state index contributed by atoms with van der Waals surface area (Å²) in [4.78, 5) is 21.2. The molecule has 2 rings (SSSR count). The number of hydrogen-bond acceptors (Lipinski definition) is 3. The zero-order valence-corrected chi connectivity index (χ0v) is 12.1. The van der Waals surface area contributed by atoms with Crippen molar-refractivity contribution in [2.45, 2.75) is 5.32 Å².